The Labute approximate surface area is 116 Å². The second kappa shape index (κ2) is 6.75. The molecule has 4 nitrogen and oxygen atoms in total. The van der Waals surface area contributed by atoms with Crippen LogP contribution < -0.4 is 5.32 Å². The van der Waals surface area contributed by atoms with Crippen molar-refractivity contribution in [2.24, 2.45) is 0 Å². The van der Waals surface area contributed by atoms with Gasteiger partial charge in [0.1, 0.15) is 5.56 Å². The van der Waals surface area contributed by atoms with Crippen molar-refractivity contribution in [3.8, 4) is 0 Å². The van der Waals surface area contributed by atoms with Crippen molar-refractivity contribution in [3.63, 3.8) is 0 Å². The highest BCUT2D eigenvalue weighted by molar-refractivity contribution is 8.00. The second-order valence-electron chi connectivity index (χ2n) is 4.27. The fourth-order valence-corrected chi connectivity index (χ4v) is 2.63. The molecule has 6 heteroatoms. The Morgan fingerprint density at radius 2 is 2.16 bits per heavy atom. The largest absolute Gasteiger partial charge is 0.478 e. The van der Waals surface area contributed by atoms with E-state index < -0.39 is 11.8 Å². The first-order chi connectivity index (χ1) is 8.99. The highest BCUT2D eigenvalue weighted by Crippen LogP contribution is 2.30. The van der Waals surface area contributed by atoms with E-state index in [1.54, 1.807) is 11.8 Å². The Balaban J connectivity index is 2.89. The molecule has 0 atom stereocenters. The first-order valence-electron chi connectivity index (χ1n) is 6.16. The van der Waals surface area contributed by atoms with Gasteiger partial charge in [0.05, 0.1) is 0 Å². The lowest BCUT2D eigenvalue weighted by Crippen LogP contribution is -2.32. The maximum absolute atomic E-state index is 13.9. The molecule has 19 heavy (non-hydrogen) atoms. The number of rotatable bonds is 7. The highest BCUT2D eigenvalue weighted by Gasteiger charge is 2.25. The topological polar surface area (TPSA) is 62.2 Å². The van der Waals surface area contributed by atoms with Crippen LogP contribution in [0.4, 0.5) is 10.2 Å². The maximum atomic E-state index is 13.9. The van der Waals surface area contributed by atoms with Gasteiger partial charge < -0.3 is 10.4 Å². The summed E-state index contributed by atoms with van der Waals surface area (Å²) in [6, 6.07) is 1.16. The molecule has 0 fully saturated rings. The summed E-state index contributed by atoms with van der Waals surface area (Å²) in [7, 11) is 0. The third-order valence-electron chi connectivity index (χ3n) is 3.42. The Kier molecular flexibility index (Phi) is 5.60. The van der Waals surface area contributed by atoms with E-state index >= 15 is 0 Å². The van der Waals surface area contributed by atoms with Gasteiger partial charge in [-0.05, 0) is 25.2 Å². The van der Waals surface area contributed by atoms with E-state index in [0.717, 1.165) is 18.9 Å². The van der Waals surface area contributed by atoms with Gasteiger partial charge in [-0.3, -0.25) is 0 Å². The fourth-order valence-electron chi connectivity index (χ4n) is 1.84. The Hall–Kier alpha value is -1.30. The molecule has 0 spiro atoms. The number of halogens is 1. The van der Waals surface area contributed by atoms with Crippen molar-refractivity contribution in [2.45, 2.75) is 31.4 Å². The van der Waals surface area contributed by atoms with Crippen molar-refractivity contribution < 1.29 is 14.3 Å². The molecule has 0 aliphatic carbocycles. The molecule has 0 radical (unpaired) electrons. The van der Waals surface area contributed by atoms with E-state index in [9.17, 15) is 9.18 Å². The highest BCUT2D eigenvalue weighted by atomic mass is 32.2. The number of hydrogen-bond acceptors (Lipinski definition) is 4. The quantitative estimate of drug-likeness (QED) is 0.805. The lowest BCUT2D eigenvalue weighted by molar-refractivity contribution is 0.0692. The van der Waals surface area contributed by atoms with Crippen LogP contribution in [0.15, 0.2) is 12.3 Å². The van der Waals surface area contributed by atoms with E-state index in [-0.39, 0.29) is 16.1 Å². The summed E-state index contributed by atoms with van der Waals surface area (Å²) in [6.45, 7) is 4.71. The molecule has 1 aromatic rings. The number of pyridine rings is 1. The van der Waals surface area contributed by atoms with Crippen molar-refractivity contribution in [1.82, 2.24) is 4.98 Å². The minimum atomic E-state index is -1.29. The van der Waals surface area contributed by atoms with Gasteiger partial charge >= 0.3 is 5.97 Å². The minimum Gasteiger partial charge on any atom is -0.478 e. The molecule has 0 bridgehead atoms. The van der Waals surface area contributed by atoms with E-state index in [1.807, 2.05) is 6.26 Å². The van der Waals surface area contributed by atoms with Crippen molar-refractivity contribution in [2.75, 3.05) is 18.1 Å². The second-order valence-corrected chi connectivity index (χ2v) is 5.55. The average molecular weight is 286 g/mol. The summed E-state index contributed by atoms with van der Waals surface area (Å²) in [6.07, 6.45) is 5.20. The smallest absolute Gasteiger partial charge is 0.338 e. The van der Waals surface area contributed by atoms with E-state index in [2.05, 4.69) is 24.1 Å². The van der Waals surface area contributed by atoms with Crippen LogP contribution in [0.3, 0.4) is 0 Å². The van der Waals surface area contributed by atoms with Gasteiger partial charge in [-0.2, -0.15) is 11.8 Å². The van der Waals surface area contributed by atoms with E-state index in [1.165, 1.54) is 6.20 Å². The first kappa shape index (κ1) is 15.8. The molecule has 0 amide bonds. The van der Waals surface area contributed by atoms with Crippen LogP contribution in [0.5, 0.6) is 0 Å². The summed E-state index contributed by atoms with van der Waals surface area (Å²) < 4.78 is 13.9. The first-order valence-corrected chi connectivity index (χ1v) is 7.39. The molecule has 0 saturated carbocycles. The summed E-state index contributed by atoms with van der Waals surface area (Å²) in [5, 5.41) is 11.8. The number of aromatic nitrogens is 1. The van der Waals surface area contributed by atoms with Crippen molar-refractivity contribution >= 4 is 23.5 Å². The summed E-state index contributed by atoms with van der Waals surface area (Å²) >= 11 is 1.72. The van der Waals surface area contributed by atoms with Gasteiger partial charge in [0.25, 0.3) is 0 Å². The predicted molar refractivity (Wildman–Crippen MR) is 76.5 cm³/mol. The standard InChI is InChI=1S/C13H19FN2O2S/c1-4-13(5-2,19-3)8-16-11-10(14)9(12(17)18)6-7-15-11/h6-7H,4-5,8H2,1-3H3,(H,15,16)(H,17,18). The zero-order valence-electron chi connectivity index (χ0n) is 11.4. The maximum Gasteiger partial charge on any atom is 0.338 e. The van der Waals surface area contributed by atoms with Crippen LogP contribution in [0.25, 0.3) is 0 Å². The fraction of sp³-hybridized carbons (Fsp3) is 0.538. The molecular weight excluding hydrogens is 267 g/mol. The normalized spacial score (nSPS) is 11.4. The van der Waals surface area contributed by atoms with E-state index in [4.69, 9.17) is 5.11 Å². The van der Waals surface area contributed by atoms with Gasteiger partial charge in [-0.15, -0.1) is 0 Å². The zero-order chi connectivity index (χ0) is 14.5. The molecular formula is C13H19FN2O2S. The third-order valence-corrected chi connectivity index (χ3v) is 5.01. The molecule has 0 aromatic carbocycles. The van der Waals surface area contributed by atoms with Gasteiger partial charge in [0.2, 0.25) is 0 Å². The lowest BCUT2D eigenvalue weighted by Gasteiger charge is -2.30. The predicted octanol–water partition coefficient (Wildman–Crippen LogP) is 3.25. The number of nitrogens with one attached hydrogen (secondary N) is 1. The Bertz CT molecular complexity index is 442. The number of carbonyl (C=O) groups is 1. The molecule has 1 aromatic heterocycles. The molecule has 1 rings (SSSR count). The van der Waals surface area contributed by atoms with Crippen LogP contribution in [-0.4, -0.2) is 33.6 Å². The number of aromatic carboxylic acids is 1. The van der Waals surface area contributed by atoms with Crippen molar-refractivity contribution in [1.29, 1.82) is 0 Å². The molecule has 0 aliphatic rings. The van der Waals surface area contributed by atoms with Crippen LogP contribution in [0.2, 0.25) is 0 Å². The monoisotopic (exact) mass is 286 g/mol. The zero-order valence-corrected chi connectivity index (χ0v) is 12.2. The van der Waals surface area contributed by atoms with Gasteiger partial charge in [-0.1, -0.05) is 13.8 Å². The summed E-state index contributed by atoms with van der Waals surface area (Å²) in [5.41, 5.74) is -0.361. The molecule has 0 unspecified atom stereocenters. The van der Waals surface area contributed by atoms with Crippen molar-refractivity contribution in [3.05, 3.63) is 23.6 Å². The number of thioether (sulfide) groups is 1. The van der Waals surface area contributed by atoms with Gasteiger partial charge in [0.15, 0.2) is 11.6 Å². The Morgan fingerprint density at radius 3 is 2.63 bits per heavy atom. The third kappa shape index (κ3) is 3.59. The molecule has 106 valence electrons. The van der Waals surface area contributed by atoms with Gasteiger partial charge in [-0.25, -0.2) is 14.2 Å². The summed E-state index contributed by atoms with van der Waals surface area (Å²) in [4.78, 5) is 14.7. The molecule has 0 aliphatic heterocycles. The number of hydrogen-bond donors (Lipinski definition) is 2. The SMILES string of the molecule is CCC(CC)(CNc1nccc(C(=O)O)c1F)SC. The van der Waals surface area contributed by atoms with Crippen LogP contribution in [0, 0.1) is 5.82 Å². The number of nitrogens with zero attached hydrogens (tertiary/aromatic N) is 1. The number of carboxylic acid groups (broad SMARTS) is 1. The minimum absolute atomic E-state index is 0.000208. The summed E-state index contributed by atoms with van der Waals surface area (Å²) in [5.74, 6) is -2.09. The molecule has 0 saturated heterocycles. The van der Waals surface area contributed by atoms with Crippen LogP contribution in [0.1, 0.15) is 37.0 Å². The Morgan fingerprint density at radius 1 is 1.53 bits per heavy atom. The number of carboxylic acids is 1. The van der Waals surface area contributed by atoms with Crippen LogP contribution in [-0.2, 0) is 0 Å². The van der Waals surface area contributed by atoms with Crippen LogP contribution >= 0.6 is 11.8 Å². The lowest BCUT2D eigenvalue weighted by atomic mass is 10.0. The van der Waals surface area contributed by atoms with Gasteiger partial charge in [0, 0.05) is 17.5 Å². The molecule has 1 heterocycles. The average Bonchev–Trinajstić information content (AvgIpc) is 2.42. The van der Waals surface area contributed by atoms with E-state index in [0.29, 0.717) is 6.54 Å². The molecule has 2 N–H and O–H groups in total. The number of anilines is 1.